The maximum absolute atomic E-state index is 10.9. The van der Waals surface area contributed by atoms with E-state index in [0.717, 1.165) is 0 Å². The molecule has 0 amide bonds. The van der Waals surface area contributed by atoms with Crippen LogP contribution < -0.4 is 9.47 Å². The maximum Gasteiger partial charge on any atom is 0.174 e. The molecule has 0 radical (unpaired) electrons. The molecule has 1 aromatic rings. The molecular weight excluding hydrogens is 256 g/mol. The van der Waals surface area contributed by atoms with Crippen LogP contribution in [0, 0.1) is 16.2 Å². The lowest BCUT2D eigenvalue weighted by Gasteiger charge is -2.20. The quantitative estimate of drug-likeness (QED) is 0.769. The molecule has 0 fully saturated rings. The molecule has 0 aliphatic rings. The zero-order chi connectivity index (χ0) is 13.8. The molecule has 18 heavy (non-hydrogen) atoms. The van der Waals surface area contributed by atoms with E-state index >= 15 is 0 Å². The number of benzene rings is 1. The van der Waals surface area contributed by atoms with Gasteiger partial charge in [-0.2, -0.15) is 5.26 Å². The Morgan fingerprint density at radius 2 is 2.11 bits per heavy atom. The molecule has 0 saturated heterocycles. The zero-order valence-corrected chi connectivity index (χ0v) is 11.1. The van der Waals surface area contributed by atoms with Gasteiger partial charge >= 0.3 is 0 Å². The second-order valence-corrected chi connectivity index (χ2v) is 4.49. The van der Waals surface area contributed by atoms with Gasteiger partial charge in [0.05, 0.1) is 12.1 Å². The van der Waals surface area contributed by atoms with Gasteiger partial charge in [-0.15, -0.1) is 4.91 Å². The van der Waals surface area contributed by atoms with Crippen molar-refractivity contribution in [2.75, 3.05) is 13.7 Å². The third-order valence-electron chi connectivity index (χ3n) is 2.43. The van der Waals surface area contributed by atoms with Crippen LogP contribution in [0.5, 0.6) is 11.5 Å². The highest BCUT2D eigenvalue weighted by molar-refractivity contribution is 6.32. The van der Waals surface area contributed by atoms with Crippen molar-refractivity contribution in [3.05, 3.63) is 27.6 Å². The highest BCUT2D eigenvalue weighted by atomic mass is 35.5. The molecular formula is C12H13ClN2O3. The van der Waals surface area contributed by atoms with Crippen LogP contribution in [0.2, 0.25) is 5.02 Å². The van der Waals surface area contributed by atoms with Crippen LogP contribution in [0.15, 0.2) is 17.3 Å². The molecule has 0 unspecified atom stereocenters. The number of halogens is 1. The lowest BCUT2D eigenvalue weighted by Crippen LogP contribution is -2.15. The standard InChI is InChI=1S/C12H13ClN2O3/c1-12(2,15-16)8-6-11(17-3)9(13)7-10(8)18-5-4-14/h6-7H,5H2,1-3H3. The monoisotopic (exact) mass is 268 g/mol. The minimum atomic E-state index is -0.997. The van der Waals surface area contributed by atoms with Crippen LogP contribution in [-0.4, -0.2) is 13.7 Å². The molecule has 0 aliphatic heterocycles. The molecule has 6 heteroatoms. The Kier molecular flexibility index (Phi) is 4.51. The summed E-state index contributed by atoms with van der Waals surface area (Å²) in [5.41, 5.74) is -0.475. The van der Waals surface area contributed by atoms with Crippen molar-refractivity contribution in [2.45, 2.75) is 19.4 Å². The molecule has 0 N–H and O–H groups in total. The number of nitrogens with zero attached hydrogens (tertiary/aromatic N) is 2. The summed E-state index contributed by atoms with van der Waals surface area (Å²) in [7, 11) is 1.47. The number of nitriles is 1. The molecule has 0 saturated carbocycles. The maximum atomic E-state index is 10.9. The predicted molar refractivity (Wildman–Crippen MR) is 67.9 cm³/mol. The van der Waals surface area contributed by atoms with Crippen molar-refractivity contribution in [3.63, 3.8) is 0 Å². The fraction of sp³-hybridized carbons (Fsp3) is 0.417. The van der Waals surface area contributed by atoms with Crippen LogP contribution >= 0.6 is 11.6 Å². The van der Waals surface area contributed by atoms with E-state index in [1.807, 2.05) is 6.07 Å². The van der Waals surface area contributed by atoms with Gasteiger partial charge in [0, 0.05) is 11.6 Å². The number of ether oxygens (including phenoxy) is 2. The Hall–Kier alpha value is -1.80. The highest BCUT2D eigenvalue weighted by Gasteiger charge is 2.27. The Morgan fingerprint density at radius 3 is 2.61 bits per heavy atom. The highest BCUT2D eigenvalue weighted by Crippen LogP contribution is 2.39. The van der Waals surface area contributed by atoms with E-state index in [4.69, 9.17) is 26.3 Å². The molecule has 1 rings (SSSR count). The lowest BCUT2D eigenvalue weighted by atomic mass is 9.94. The number of rotatable bonds is 5. The van der Waals surface area contributed by atoms with Crippen molar-refractivity contribution < 1.29 is 9.47 Å². The Labute approximate surface area is 110 Å². The Bertz CT molecular complexity index is 495. The molecule has 0 heterocycles. The van der Waals surface area contributed by atoms with E-state index in [0.29, 0.717) is 22.1 Å². The smallest absolute Gasteiger partial charge is 0.174 e. The predicted octanol–water partition coefficient (Wildman–Crippen LogP) is 3.25. The third kappa shape index (κ3) is 2.90. The molecule has 0 atom stereocenters. The summed E-state index contributed by atoms with van der Waals surface area (Å²) in [5, 5.41) is 11.9. The molecule has 96 valence electrons. The van der Waals surface area contributed by atoms with Gasteiger partial charge in [0.2, 0.25) is 0 Å². The Balaban J connectivity index is 3.35. The van der Waals surface area contributed by atoms with Crippen molar-refractivity contribution in [3.8, 4) is 17.6 Å². The molecule has 1 aromatic carbocycles. The van der Waals surface area contributed by atoms with Gasteiger partial charge in [-0.25, -0.2) is 0 Å². The number of methoxy groups -OCH3 is 1. The molecule has 0 aromatic heterocycles. The Morgan fingerprint density at radius 1 is 1.44 bits per heavy atom. The second kappa shape index (κ2) is 5.69. The van der Waals surface area contributed by atoms with Gasteiger partial charge in [-0.3, -0.25) is 0 Å². The fourth-order valence-corrected chi connectivity index (χ4v) is 1.68. The summed E-state index contributed by atoms with van der Waals surface area (Å²) in [6.45, 7) is 3.15. The van der Waals surface area contributed by atoms with E-state index in [2.05, 4.69) is 5.18 Å². The van der Waals surface area contributed by atoms with E-state index in [1.54, 1.807) is 19.9 Å². The van der Waals surface area contributed by atoms with Gasteiger partial charge in [0.25, 0.3) is 0 Å². The summed E-state index contributed by atoms with van der Waals surface area (Å²) >= 11 is 5.98. The SMILES string of the molecule is COc1cc(C(C)(C)N=O)c(OCC#N)cc1Cl. The zero-order valence-electron chi connectivity index (χ0n) is 10.4. The van der Waals surface area contributed by atoms with Gasteiger partial charge < -0.3 is 9.47 Å². The topological polar surface area (TPSA) is 71.7 Å². The molecule has 5 nitrogen and oxygen atoms in total. The van der Waals surface area contributed by atoms with Crippen LogP contribution in [0.4, 0.5) is 0 Å². The van der Waals surface area contributed by atoms with Crippen LogP contribution in [-0.2, 0) is 5.54 Å². The molecule has 0 bridgehead atoms. The summed E-state index contributed by atoms with van der Waals surface area (Å²) in [6.07, 6.45) is 0. The second-order valence-electron chi connectivity index (χ2n) is 4.08. The van der Waals surface area contributed by atoms with Gasteiger partial charge in [-0.1, -0.05) is 16.8 Å². The largest absolute Gasteiger partial charge is 0.495 e. The van der Waals surface area contributed by atoms with Crippen molar-refractivity contribution in [1.29, 1.82) is 5.26 Å². The number of nitroso groups, excluding NO2 is 1. The first kappa shape index (κ1) is 14.3. The fourth-order valence-electron chi connectivity index (χ4n) is 1.45. The van der Waals surface area contributed by atoms with Crippen LogP contribution in [0.3, 0.4) is 0 Å². The van der Waals surface area contributed by atoms with Gasteiger partial charge in [0.1, 0.15) is 23.1 Å². The molecule has 0 aliphatic carbocycles. The summed E-state index contributed by atoms with van der Waals surface area (Å²) in [5.74, 6) is 0.777. The minimum absolute atomic E-state index is 0.134. The van der Waals surface area contributed by atoms with Crippen LogP contribution in [0.25, 0.3) is 0 Å². The van der Waals surface area contributed by atoms with Gasteiger partial charge in [0.15, 0.2) is 6.61 Å². The van der Waals surface area contributed by atoms with E-state index in [9.17, 15) is 4.91 Å². The average Bonchev–Trinajstić information content (AvgIpc) is 2.36. The van der Waals surface area contributed by atoms with E-state index in [-0.39, 0.29) is 6.61 Å². The first-order valence-electron chi connectivity index (χ1n) is 5.18. The molecule has 0 spiro atoms. The number of hydrogen-bond donors (Lipinski definition) is 0. The summed E-state index contributed by atoms with van der Waals surface area (Å²) in [4.78, 5) is 10.9. The summed E-state index contributed by atoms with van der Waals surface area (Å²) in [6, 6.07) is 4.96. The van der Waals surface area contributed by atoms with Crippen LogP contribution in [0.1, 0.15) is 19.4 Å². The first-order chi connectivity index (χ1) is 8.46. The summed E-state index contributed by atoms with van der Waals surface area (Å²) < 4.78 is 10.3. The van der Waals surface area contributed by atoms with Gasteiger partial charge in [-0.05, 0) is 19.9 Å². The number of hydrogen-bond acceptors (Lipinski definition) is 5. The average molecular weight is 269 g/mol. The first-order valence-corrected chi connectivity index (χ1v) is 5.56. The van der Waals surface area contributed by atoms with E-state index in [1.165, 1.54) is 13.2 Å². The minimum Gasteiger partial charge on any atom is -0.495 e. The normalized spacial score (nSPS) is 10.6. The van der Waals surface area contributed by atoms with E-state index < -0.39 is 5.54 Å². The van der Waals surface area contributed by atoms with Crippen molar-refractivity contribution >= 4 is 11.6 Å². The third-order valence-corrected chi connectivity index (χ3v) is 2.73. The van der Waals surface area contributed by atoms with Crippen molar-refractivity contribution in [2.24, 2.45) is 5.18 Å². The lowest BCUT2D eigenvalue weighted by molar-refractivity contribution is 0.350. The van der Waals surface area contributed by atoms with Crippen molar-refractivity contribution in [1.82, 2.24) is 0 Å².